The van der Waals surface area contributed by atoms with E-state index in [0.29, 0.717) is 11.8 Å². The first kappa shape index (κ1) is 19.4. The molecule has 0 bridgehead atoms. The van der Waals surface area contributed by atoms with Crippen LogP contribution in [0.4, 0.5) is 5.69 Å². The van der Waals surface area contributed by atoms with Gasteiger partial charge in [0, 0.05) is 25.8 Å². The predicted molar refractivity (Wildman–Crippen MR) is 101 cm³/mol. The summed E-state index contributed by atoms with van der Waals surface area (Å²) in [5.41, 5.74) is 1.90. The fourth-order valence-corrected chi connectivity index (χ4v) is 3.63. The number of amides is 2. The van der Waals surface area contributed by atoms with E-state index in [9.17, 15) is 9.59 Å². The molecule has 5 heteroatoms. The smallest absolute Gasteiger partial charge is 0.243 e. The van der Waals surface area contributed by atoms with Gasteiger partial charge in [-0.1, -0.05) is 31.5 Å². The second-order valence-electron chi connectivity index (χ2n) is 7.68. The zero-order valence-electron chi connectivity index (χ0n) is 16.1. The number of anilines is 1. The Hall–Kier alpha value is -1.88. The van der Waals surface area contributed by atoms with Crippen molar-refractivity contribution in [3.05, 3.63) is 29.8 Å². The van der Waals surface area contributed by atoms with Crippen molar-refractivity contribution in [2.24, 2.45) is 11.8 Å². The topological polar surface area (TPSA) is 52.7 Å². The van der Waals surface area contributed by atoms with E-state index in [2.05, 4.69) is 24.1 Å². The van der Waals surface area contributed by atoms with Crippen LogP contribution in [0.15, 0.2) is 24.3 Å². The molecule has 0 radical (unpaired) electrons. The van der Waals surface area contributed by atoms with Crippen molar-refractivity contribution in [2.45, 2.75) is 40.2 Å². The summed E-state index contributed by atoms with van der Waals surface area (Å²) in [6.45, 7) is 10.4. The zero-order chi connectivity index (χ0) is 18.6. The molecule has 1 aliphatic rings. The van der Waals surface area contributed by atoms with E-state index in [4.69, 9.17) is 0 Å². The minimum Gasteiger partial charge on any atom is -0.335 e. The number of nitrogens with one attached hydrogen (secondary N) is 1. The Labute approximate surface area is 151 Å². The molecule has 1 saturated heterocycles. The van der Waals surface area contributed by atoms with Crippen LogP contribution in [0.2, 0.25) is 0 Å². The van der Waals surface area contributed by atoms with Gasteiger partial charge in [0.05, 0.1) is 12.6 Å². The predicted octanol–water partition coefficient (Wildman–Crippen LogP) is 2.76. The highest BCUT2D eigenvalue weighted by Crippen LogP contribution is 2.23. The minimum absolute atomic E-state index is 0.000330. The van der Waals surface area contributed by atoms with Gasteiger partial charge in [0.2, 0.25) is 11.8 Å². The van der Waals surface area contributed by atoms with Gasteiger partial charge in [0.15, 0.2) is 0 Å². The Morgan fingerprint density at radius 3 is 2.32 bits per heavy atom. The van der Waals surface area contributed by atoms with Crippen LogP contribution in [0.25, 0.3) is 0 Å². The second-order valence-corrected chi connectivity index (χ2v) is 7.68. The summed E-state index contributed by atoms with van der Waals surface area (Å²) in [5.74, 6) is 1.04. The van der Waals surface area contributed by atoms with Gasteiger partial charge in [-0.25, -0.2) is 0 Å². The SMILES string of the molecule is Cc1ccc(NC(=O)CN(C)C(=O)[C@H](C)N2C[C@H](C)C[C@H](C)C2)cc1. The molecule has 1 fully saturated rings. The number of benzene rings is 1. The summed E-state index contributed by atoms with van der Waals surface area (Å²) in [6, 6.07) is 7.45. The molecule has 1 aromatic carbocycles. The van der Waals surface area contributed by atoms with Crippen molar-refractivity contribution >= 4 is 17.5 Å². The van der Waals surface area contributed by atoms with Gasteiger partial charge >= 0.3 is 0 Å². The van der Waals surface area contributed by atoms with E-state index < -0.39 is 0 Å². The van der Waals surface area contributed by atoms with Gasteiger partial charge < -0.3 is 10.2 Å². The molecule has 5 nitrogen and oxygen atoms in total. The molecule has 138 valence electrons. The van der Waals surface area contributed by atoms with E-state index in [0.717, 1.165) is 24.3 Å². The Kier molecular flexibility index (Phi) is 6.59. The largest absolute Gasteiger partial charge is 0.335 e. The third-order valence-corrected chi connectivity index (χ3v) is 4.89. The number of carbonyl (C=O) groups is 2. The van der Waals surface area contributed by atoms with Crippen LogP contribution in [0.5, 0.6) is 0 Å². The molecule has 1 N–H and O–H groups in total. The Bertz CT molecular complexity index is 589. The average molecular weight is 345 g/mol. The normalized spacial score (nSPS) is 22.3. The quantitative estimate of drug-likeness (QED) is 0.893. The van der Waals surface area contributed by atoms with Crippen molar-refractivity contribution in [3.63, 3.8) is 0 Å². The van der Waals surface area contributed by atoms with Gasteiger partial charge in [-0.05, 0) is 44.2 Å². The van der Waals surface area contributed by atoms with Crippen LogP contribution in [0.1, 0.15) is 32.8 Å². The van der Waals surface area contributed by atoms with Crippen LogP contribution in [-0.2, 0) is 9.59 Å². The average Bonchev–Trinajstić information content (AvgIpc) is 2.54. The summed E-state index contributed by atoms with van der Waals surface area (Å²) >= 11 is 0. The lowest BCUT2D eigenvalue weighted by Gasteiger charge is -2.39. The first-order valence-corrected chi connectivity index (χ1v) is 9.11. The standard InChI is InChI=1S/C20H31N3O2/c1-14-6-8-18(9-7-14)21-19(24)13-22(5)20(25)17(4)23-11-15(2)10-16(3)12-23/h6-9,15-17H,10-13H2,1-5H3,(H,21,24)/t15-,16+,17-/m0/s1. The second kappa shape index (κ2) is 8.48. The molecule has 2 rings (SSSR count). The first-order valence-electron chi connectivity index (χ1n) is 9.11. The van der Waals surface area contributed by atoms with Crippen LogP contribution in [0.3, 0.4) is 0 Å². The lowest BCUT2D eigenvalue weighted by Crippen LogP contribution is -2.51. The van der Waals surface area contributed by atoms with E-state index >= 15 is 0 Å². The molecule has 1 aliphatic heterocycles. The van der Waals surface area contributed by atoms with Crippen molar-refractivity contribution in [2.75, 3.05) is 32.0 Å². The maximum atomic E-state index is 12.7. The summed E-state index contributed by atoms with van der Waals surface area (Å²) in [6.07, 6.45) is 1.21. The number of carbonyl (C=O) groups excluding carboxylic acids is 2. The molecule has 2 amide bonds. The van der Waals surface area contributed by atoms with E-state index in [-0.39, 0.29) is 24.4 Å². The van der Waals surface area contributed by atoms with Gasteiger partial charge in [-0.15, -0.1) is 0 Å². The molecule has 0 aliphatic carbocycles. The van der Waals surface area contributed by atoms with Gasteiger partial charge in [0.25, 0.3) is 0 Å². The fraction of sp³-hybridized carbons (Fsp3) is 0.600. The maximum absolute atomic E-state index is 12.7. The summed E-state index contributed by atoms with van der Waals surface area (Å²) in [4.78, 5) is 28.7. The Morgan fingerprint density at radius 1 is 1.20 bits per heavy atom. The maximum Gasteiger partial charge on any atom is 0.243 e. The highest BCUT2D eigenvalue weighted by atomic mass is 16.2. The molecule has 0 spiro atoms. The van der Waals surface area contributed by atoms with Crippen LogP contribution >= 0.6 is 0 Å². The number of hydrogen-bond donors (Lipinski definition) is 1. The van der Waals surface area contributed by atoms with Gasteiger partial charge in [0.1, 0.15) is 0 Å². The van der Waals surface area contributed by atoms with Gasteiger partial charge in [-0.2, -0.15) is 0 Å². The van der Waals surface area contributed by atoms with E-state index in [1.165, 1.54) is 11.3 Å². The summed E-state index contributed by atoms with van der Waals surface area (Å²) in [7, 11) is 1.70. The Morgan fingerprint density at radius 2 is 1.76 bits per heavy atom. The summed E-state index contributed by atoms with van der Waals surface area (Å²) < 4.78 is 0. The van der Waals surface area contributed by atoms with Gasteiger partial charge in [-0.3, -0.25) is 14.5 Å². The molecular weight excluding hydrogens is 314 g/mol. The minimum atomic E-state index is -0.192. The number of hydrogen-bond acceptors (Lipinski definition) is 3. The molecule has 0 saturated carbocycles. The molecule has 25 heavy (non-hydrogen) atoms. The number of likely N-dealkylation sites (tertiary alicyclic amines) is 1. The fourth-order valence-electron chi connectivity index (χ4n) is 3.63. The molecule has 3 atom stereocenters. The van der Waals surface area contributed by atoms with Crippen LogP contribution in [0, 0.1) is 18.8 Å². The zero-order valence-corrected chi connectivity index (χ0v) is 16.1. The molecule has 0 unspecified atom stereocenters. The third-order valence-electron chi connectivity index (χ3n) is 4.89. The number of nitrogens with zero attached hydrogens (tertiary/aromatic N) is 2. The molecular formula is C20H31N3O2. The lowest BCUT2D eigenvalue weighted by atomic mass is 9.91. The van der Waals surface area contributed by atoms with Crippen LogP contribution < -0.4 is 5.32 Å². The van der Waals surface area contributed by atoms with Crippen molar-refractivity contribution in [1.82, 2.24) is 9.80 Å². The highest BCUT2D eigenvalue weighted by molar-refractivity contribution is 5.95. The van der Waals surface area contributed by atoms with Crippen molar-refractivity contribution < 1.29 is 9.59 Å². The number of rotatable bonds is 5. The highest BCUT2D eigenvalue weighted by Gasteiger charge is 2.30. The van der Waals surface area contributed by atoms with Crippen molar-refractivity contribution in [3.8, 4) is 0 Å². The first-order chi connectivity index (χ1) is 11.8. The third kappa shape index (κ3) is 5.56. The van der Waals surface area contributed by atoms with E-state index in [1.54, 1.807) is 7.05 Å². The molecule has 1 heterocycles. The Balaban J connectivity index is 1.88. The number of likely N-dealkylation sites (N-methyl/N-ethyl adjacent to an activating group) is 1. The van der Waals surface area contributed by atoms with Crippen LogP contribution in [-0.4, -0.2) is 54.3 Å². The number of aryl methyl sites for hydroxylation is 1. The monoisotopic (exact) mass is 345 g/mol. The summed E-state index contributed by atoms with van der Waals surface area (Å²) in [5, 5.41) is 2.84. The molecule has 1 aromatic rings. The molecule has 0 aromatic heterocycles. The lowest BCUT2D eigenvalue weighted by molar-refractivity contribution is -0.138. The van der Waals surface area contributed by atoms with E-state index in [1.807, 2.05) is 38.1 Å². The number of piperidine rings is 1. The van der Waals surface area contributed by atoms with Crippen molar-refractivity contribution in [1.29, 1.82) is 0 Å².